The van der Waals surface area contributed by atoms with Gasteiger partial charge in [0.25, 0.3) is 0 Å². The van der Waals surface area contributed by atoms with Gasteiger partial charge in [0.05, 0.1) is 11.9 Å². The minimum atomic E-state index is -3.53. The van der Waals surface area contributed by atoms with Crippen LogP contribution in [0.5, 0.6) is 0 Å². The highest BCUT2D eigenvalue weighted by Gasteiger charge is 2.29. The topological polar surface area (TPSA) is 57.7 Å². The average molecular weight is 284 g/mol. The molecule has 5 nitrogen and oxygen atoms in total. The summed E-state index contributed by atoms with van der Waals surface area (Å²) in [6, 6.07) is 6.32. The fraction of sp³-hybridized carbons (Fsp3) is 0.462. The Morgan fingerprint density at radius 2 is 1.84 bits per heavy atom. The number of rotatable bonds is 4. The summed E-state index contributed by atoms with van der Waals surface area (Å²) in [7, 11) is -0.313. The molecule has 1 aromatic rings. The maximum atomic E-state index is 12.0. The summed E-state index contributed by atoms with van der Waals surface area (Å²) in [5, 5.41) is 0. The lowest BCUT2D eigenvalue weighted by atomic mass is 10.2. The second kappa shape index (κ2) is 5.61. The molecule has 0 aliphatic carbocycles. The van der Waals surface area contributed by atoms with E-state index in [1.807, 2.05) is 13.0 Å². The molecule has 0 aromatic heterocycles. The molecule has 1 amide bonds. The number of sulfonamides is 1. The Balaban J connectivity index is 3.28. The molecule has 0 heterocycles. The van der Waals surface area contributed by atoms with E-state index in [4.69, 9.17) is 0 Å². The SMILES string of the molecule is Cc1cccc(N([C@@H](C)C(=O)N(C)C)S(C)(=O)=O)c1. The summed E-state index contributed by atoms with van der Waals surface area (Å²) in [5.74, 6) is -0.257. The van der Waals surface area contributed by atoms with E-state index in [1.165, 1.54) is 4.90 Å². The highest BCUT2D eigenvalue weighted by Crippen LogP contribution is 2.22. The number of amides is 1. The van der Waals surface area contributed by atoms with Crippen molar-refractivity contribution in [3.05, 3.63) is 29.8 Å². The Bertz CT molecular complexity index is 567. The predicted octanol–water partition coefficient (Wildman–Crippen LogP) is 1.24. The second-order valence-electron chi connectivity index (χ2n) is 4.81. The van der Waals surface area contributed by atoms with Crippen LogP contribution in [0.3, 0.4) is 0 Å². The number of carbonyl (C=O) groups is 1. The first-order valence-corrected chi connectivity index (χ1v) is 7.76. The quantitative estimate of drug-likeness (QED) is 0.836. The monoisotopic (exact) mass is 284 g/mol. The van der Waals surface area contributed by atoms with E-state index in [2.05, 4.69) is 0 Å². The van der Waals surface area contributed by atoms with E-state index < -0.39 is 16.1 Å². The normalized spacial score (nSPS) is 12.9. The van der Waals surface area contributed by atoms with Gasteiger partial charge >= 0.3 is 0 Å². The minimum Gasteiger partial charge on any atom is -0.347 e. The van der Waals surface area contributed by atoms with Crippen molar-refractivity contribution in [3.63, 3.8) is 0 Å². The zero-order valence-electron chi connectivity index (χ0n) is 11.9. The highest BCUT2D eigenvalue weighted by molar-refractivity contribution is 7.92. The first-order valence-electron chi connectivity index (χ1n) is 5.92. The Labute approximate surface area is 114 Å². The van der Waals surface area contributed by atoms with Crippen LogP contribution >= 0.6 is 0 Å². The van der Waals surface area contributed by atoms with Crippen molar-refractivity contribution >= 4 is 21.6 Å². The van der Waals surface area contributed by atoms with E-state index in [0.29, 0.717) is 5.69 Å². The molecule has 0 spiro atoms. The van der Waals surface area contributed by atoms with E-state index in [0.717, 1.165) is 16.1 Å². The van der Waals surface area contributed by atoms with Gasteiger partial charge in [0.2, 0.25) is 15.9 Å². The Hall–Kier alpha value is -1.56. The summed E-state index contributed by atoms with van der Waals surface area (Å²) in [6.45, 7) is 3.47. The zero-order valence-corrected chi connectivity index (χ0v) is 12.7. The maximum absolute atomic E-state index is 12.0. The standard InChI is InChI=1S/C13H20N2O3S/c1-10-7-6-8-12(9-10)15(19(5,17)18)11(2)13(16)14(3)4/h6-9,11H,1-5H3/t11-/m0/s1. The molecule has 0 radical (unpaired) electrons. The maximum Gasteiger partial charge on any atom is 0.245 e. The summed E-state index contributed by atoms with van der Waals surface area (Å²) in [4.78, 5) is 13.4. The van der Waals surface area contributed by atoms with Gasteiger partial charge in [0.15, 0.2) is 0 Å². The van der Waals surface area contributed by atoms with Crippen LogP contribution in [-0.2, 0) is 14.8 Å². The number of benzene rings is 1. The molecule has 1 rings (SSSR count). The smallest absolute Gasteiger partial charge is 0.245 e. The van der Waals surface area contributed by atoms with Crippen molar-refractivity contribution in [2.45, 2.75) is 19.9 Å². The summed E-state index contributed by atoms with van der Waals surface area (Å²) in [5.41, 5.74) is 1.45. The molecule has 0 aliphatic heterocycles. The Morgan fingerprint density at radius 3 is 2.26 bits per heavy atom. The lowest BCUT2D eigenvalue weighted by Crippen LogP contribution is -2.47. The molecule has 0 bridgehead atoms. The van der Waals surface area contributed by atoms with E-state index >= 15 is 0 Å². The number of likely N-dealkylation sites (N-methyl/N-ethyl adjacent to an activating group) is 1. The molecule has 1 aromatic carbocycles. The third-order valence-corrected chi connectivity index (χ3v) is 4.01. The number of anilines is 1. The van der Waals surface area contributed by atoms with Crippen LogP contribution < -0.4 is 4.31 Å². The molecule has 19 heavy (non-hydrogen) atoms. The summed E-state index contributed by atoms with van der Waals surface area (Å²) >= 11 is 0. The van der Waals surface area contributed by atoms with Gasteiger partial charge in [0.1, 0.15) is 6.04 Å². The molecule has 1 atom stereocenters. The molecular formula is C13H20N2O3S. The van der Waals surface area contributed by atoms with Gasteiger partial charge in [-0.1, -0.05) is 12.1 Å². The predicted molar refractivity (Wildman–Crippen MR) is 76.7 cm³/mol. The van der Waals surface area contributed by atoms with Gasteiger partial charge in [-0.05, 0) is 31.5 Å². The molecule has 0 unspecified atom stereocenters. The largest absolute Gasteiger partial charge is 0.347 e. The number of aryl methyl sites for hydroxylation is 1. The molecule has 0 aliphatic rings. The lowest BCUT2D eigenvalue weighted by molar-refractivity contribution is -0.129. The molecule has 0 saturated heterocycles. The number of hydrogen-bond acceptors (Lipinski definition) is 3. The first-order chi connectivity index (χ1) is 8.64. The third kappa shape index (κ3) is 3.70. The molecule has 0 saturated carbocycles. The number of carbonyl (C=O) groups excluding carboxylic acids is 1. The van der Waals surface area contributed by atoms with Crippen molar-refractivity contribution in [1.82, 2.24) is 4.90 Å². The summed E-state index contributed by atoms with van der Waals surface area (Å²) in [6.07, 6.45) is 1.11. The molecule has 0 N–H and O–H groups in total. The zero-order chi connectivity index (χ0) is 14.8. The van der Waals surface area contributed by atoms with Gasteiger partial charge in [-0.15, -0.1) is 0 Å². The average Bonchev–Trinajstić information content (AvgIpc) is 2.26. The van der Waals surface area contributed by atoms with Gasteiger partial charge in [-0.25, -0.2) is 8.42 Å². The number of hydrogen-bond donors (Lipinski definition) is 0. The minimum absolute atomic E-state index is 0.257. The van der Waals surface area contributed by atoms with Gasteiger partial charge in [-0.2, -0.15) is 0 Å². The van der Waals surface area contributed by atoms with Crippen LogP contribution in [0.1, 0.15) is 12.5 Å². The van der Waals surface area contributed by atoms with Crippen molar-refractivity contribution in [2.24, 2.45) is 0 Å². The Morgan fingerprint density at radius 1 is 1.26 bits per heavy atom. The van der Waals surface area contributed by atoms with Gasteiger partial charge < -0.3 is 4.90 Å². The van der Waals surface area contributed by atoms with Crippen LogP contribution in [0.4, 0.5) is 5.69 Å². The van der Waals surface area contributed by atoms with Crippen molar-refractivity contribution in [1.29, 1.82) is 0 Å². The van der Waals surface area contributed by atoms with E-state index in [1.54, 1.807) is 39.2 Å². The molecular weight excluding hydrogens is 264 g/mol. The molecule has 6 heteroatoms. The van der Waals surface area contributed by atoms with Crippen molar-refractivity contribution < 1.29 is 13.2 Å². The van der Waals surface area contributed by atoms with Crippen LogP contribution in [-0.4, -0.2) is 45.6 Å². The van der Waals surface area contributed by atoms with Gasteiger partial charge in [-0.3, -0.25) is 9.10 Å². The second-order valence-corrected chi connectivity index (χ2v) is 6.67. The highest BCUT2D eigenvalue weighted by atomic mass is 32.2. The fourth-order valence-corrected chi connectivity index (χ4v) is 3.10. The molecule has 0 fully saturated rings. The lowest BCUT2D eigenvalue weighted by Gasteiger charge is -2.30. The third-order valence-electron chi connectivity index (χ3n) is 2.76. The van der Waals surface area contributed by atoms with Gasteiger partial charge in [0, 0.05) is 14.1 Å². The first kappa shape index (κ1) is 15.5. The van der Waals surface area contributed by atoms with Crippen molar-refractivity contribution in [3.8, 4) is 0 Å². The molecule has 106 valence electrons. The van der Waals surface area contributed by atoms with E-state index in [9.17, 15) is 13.2 Å². The van der Waals surface area contributed by atoms with Crippen LogP contribution in [0.15, 0.2) is 24.3 Å². The summed E-state index contributed by atoms with van der Waals surface area (Å²) < 4.78 is 25.1. The van der Waals surface area contributed by atoms with Crippen LogP contribution in [0.2, 0.25) is 0 Å². The number of nitrogens with zero attached hydrogens (tertiary/aromatic N) is 2. The van der Waals surface area contributed by atoms with Crippen molar-refractivity contribution in [2.75, 3.05) is 24.7 Å². The van der Waals surface area contributed by atoms with Crippen LogP contribution in [0, 0.1) is 6.92 Å². The van der Waals surface area contributed by atoms with Crippen LogP contribution in [0.25, 0.3) is 0 Å². The Kier molecular flexibility index (Phi) is 4.57. The fourth-order valence-electron chi connectivity index (χ4n) is 1.94. The van der Waals surface area contributed by atoms with E-state index in [-0.39, 0.29) is 5.91 Å².